The average Bonchev–Trinajstić information content (AvgIpc) is 2.71. The van der Waals surface area contributed by atoms with Gasteiger partial charge in [-0.2, -0.15) is 13.2 Å². The van der Waals surface area contributed by atoms with Crippen molar-refractivity contribution < 1.29 is 18.0 Å². The fraction of sp³-hybridized carbons (Fsp3) is 0.619. The van der Waals surface area contributed by atoms with E-state index < -0.39 is 12.2 Å². The molecule has 1 saturated heterocycles. The van der Waals surface area contributed by atoms with Crippen molar-refractivity contribution in [1.82, 2.24) is 20.0 Å². The molecule has 1 aliphatic rings. The highest BCUT2D eigenvalue weighted by Gasteiger charge is 2.41. The zero-order valence-corrected chi connectivity index (χ0v) is 20.9. The number of guanidine groups is 1. The standard InChI is InChI=1S/C21H32F3N5O.HI/c1-5-25-20(29-13-11-28(12-14-29)16(2)21(22,23)24)26-10-9-17-7-6-8-18(15-17)19(30)27(3)4;/h6-8,15-16H,5,9-14H2,1-4H3,(H,25,26);1H. The van der Waals surface area contributed by atoms with Gasteiger partial charge in [0.25, 0.3) is 5.91 Å². The number of hydrogen-bond acceptors (Lipinski definition) is 3. The summed E-state index contributed by atoms with van der Waals surface area (Å²) in [6.07, 6.45) is -3.53. The van der Waals surface area contributed by atoms with Gasteiger partial charge in [-0.15, -0.1) is 24.0 Å². The van der Waals surface area contributed by atoms with Gasteiger partial charge in [0.2, 0.25) is 0 Å². The van der Waals surface area contributed by atoms with E-state index in [0.717, 1.165) is 11.5 Å². The molecule has 0 bridgehead atoms. The zero-order chi connectivity index (χ0) is 22.3. The number of carbonyl (C=O) groups excluding carboxylic acids is 1. The fourth-order valence-electron chi connectivity index (χ4n) is 3.36. The van der Waals surface area contributed by atoms with Crippen LogP contribution in [0.3, 0.4) is 0 Å². The van der Waals surface area contributed by atoms with E-state index in [0.29, 0.717) is 51.3 Å². The minimum absolute atomic E-state index is 0. The van der Waals surface area contributed by atoms with Gasteiger partial charge in [0.05, 0.1) is 0 Å². The van der Waals surface area contributed by atoms with E-state index in [1.165, 1.54) is 11.8 Å². The molecule has 1 aromatic rings. The number of carbonyl (C=O) groups is 1. The van der Waals surface area contributed by atoms with Gasteiger partial charge in [-0.25, -0.2) is 0 Å². The Balaban J connectivity index is 0.00000480. The highest BCUT2D eigenvalue weighted by molar-refractivity contribution is 14.0. The van der Waals surface area contributed by atoms with Crippen molar-refractivity contribution in [1.29, 1.82) is 0 Å². The van der Waals surface area contributed by atoms with Crippen molar-refractivity contribution >= 4 is 35.8 Å². The third-order valence-corrected chi connectivity index (χ3v) is 5.21. The Morgan fingerprint density at radius 1 is 1.23 bits per heavy atom. The van der Waals surface area contributed by atoms with E-state index in [9.17, 15) is 18.0 Å². The highest BCUT2D eigenvalue weighted by Crippen LogP contribution is 2.25. The lowest BCUT2D eigenvalue weighted by Crippen LogP contribution is -2.56. The normalized spacial score (nSPS) is 16.5. The monoisotopic (exact) mass is 555 g/mol. The fourth-order valence-corrected chi connectivity index (χ4v) is 3.36. The maximum absolute atomic E-state index is 12.9. The summed E-state index contributed by atoms with van der Waals surface area (Å²) in [7, 11) is 3.44. The summed E-state index contributed by atoms with van der Waals surface area (Å²) in [6.45, 7) is 6.08. The SMILES string of the molecule is CCNC(=NCCc1cccc(C(=O)N(C)C)c1)N1CCN(C(C)C(F)(F)F)CC1.I. The number of piperazine rings is 1. The average molecular weight is 555 g/mol. The molecule has 1 aromatic carbocycles. The predicted molar refractivity (Wildman–Crippen MR) is 128 cm³/mol. The van der Waals surface area contributed by atoms with E-state index in [1.54, 1.807) is 25.1 Å². The molecule has 176 valence electrons. The van der Waals surface area contributed by atoms with E-state index >= 15 is 0 Å². The first-order valence-electron chi connectivity index (χ1n) is 10.3. The first-order chi connectivity index (χ1) is 14.1. The molecule has 1 N–H and O–H groups in total. The summed E-state index contributed by atoms with van der Waals surface area (Å²) in [5.41, 5.74) is 1.66. The van der Waals surface area contributed by atoms with Crippen molar-refractivity contribution in [3.05, 3.63) is 35.4 Å². The van der Waals surface area contributed by atoms with Gasteiger partial charge in [0, 0.05) is 58.9 Å². The molecule has 6 nitrogen and oxygen atoms in total. The number of hydrogen-bond donors (Lipinski definition) is 1. The maximum atomic E-state index is 12.9. The number of halogens is 4. The molecule has 1 amide bonds. The van der Waals surface area contributed by atoms with Crippen LogP contribution in [-0.4, -0.2) is 92.1 Å². The van der Waals surface area contributed by atoms with Gasteiger partial charge in [-0.3, -0.25) is 14.7 Å². The van der Waals surface area contributed by atoms with Crippen LogP contribution in [0.25, 0.3) is 0 Å². The van der Waals surface area contributed by atoms with Gasteiger partial charge in [-0.1, -0.05) is 12.1 Å². The minimum Gasteiger partial charge on any atom is -0.357 e. The van der Waals surface area contributed by atoms with E-state index in [-0.39, 0.29) is 29.9 Å². The molecular weight excluding hydrogens is 522 g/mol. The van der Waals surface area contributed by atoms with Crippen molar-refractivity contribution in [3.8, 4) is 0 Å². The second-order valence-electron chi connectivity index (χ2n) is 7.63. The first-order valence-corrected chi connectivity index (χ1v) is 10.3. The predicted octanol–water partition coefficient (Wildman–Crippen LogP) is 3.08. The number of nitrogens with one attached hydrogen (secondary N) is 1. The topological polar surface area (TPSA) is 51.2 Å². The summed E-state index contributed by atoms with van der Waals surface area (Å²) in [5, 5.41) is 3.23. The molecule has 1 atom stereocenters. The van der Waals surface area contributed by atoms with Crippen LogP contribution in [0.5, 0.6) is 0 Å². The maximum Gasteiger partial charge on any atom is 0.403 e. The quantitative estimate of drug-likeness (QED) is 0.333. The van der Waals surface area contributed by atoms with Crippen LogP contribution in [0.2, 0.25) is 0 Å². The van der Waals surface area contributed by atoms with E-state index in [4.69, 9.17) is 0 Å². The molecule has 1 fully saturated rings. The Bertz CT molecular complexity index is 734. The van der Waals surface area contributed by atoms with Crippen LogP contribution in [-0.2, 0) is 6.42 Å². The van der Waals surface area contributed by atoms with Gasteiger partial charge in [0.15, 0.2) is 5.96 Å². The highest BCUT2D eigenvalue weighted by atomic mass is 127. The minimum atomic E-state index is -4.21. The van der Waals surface area contributed by atoms with Crippen LogP contribution in [0.15, 0.2) is 29.3 Å². The zero-order valence-electron chi connectivity index (χ0n) is 18.6. The first kappa shape index (κ1) is 27.5. The van der Waals surface area contributed by atoms with Crippen LogP contribution in [0, 0.1) is 0 Å². The molecular formula is C21H33F3IN5O. The molecule has 0 spiro atoms. The molecule has 0 radical (unpaired) electrons. The van der Waals surface area contributed by atoms with Crippen LogP contribution < -0.4 is 5.32 Å². The lowest BCUT2D eigenvalue weighted by atomic mass is 10.1. The van der Waals surface area contributed by atoms with Crippen LogP contribution in [0.4, 0.5) is 13.2 Å². The smallest absolute Gasteiger partial charge is 0.357 e. The lowest BCUT2D eigenvalue weighted by molar-refractivity contribution is -0.181. The van der Waals surface area contributed by atoms with Crippen molar-refractivity contribution in [2.45, 2.75) is 32.5 Å². The molecule has 0 aliphatic carbocycles. The van der Waals surface area contributed by atoms with Gasteiger partial charge in [0.1, 0.15) is 6.04 Å². The molecule has 1 heterocycles. The molecule has 0 saturated carbocycles. The number of alkyl halides is 3. The number of rotatable bonds is 6. The lowest BCUT2D eigenvalue weighted by Gasteiger charge is -2.39. The second kappa shape index (κ2) is 12.5. The number of benzene rings is 1. The Labute approximate surface area is 199 Å². The molecule has 2 rings (SSSR count). The summed E-state index contributed by atoms with van der Waals surface area (Å²) in [4.78, 5) is 21.8. The summed E-state index contributed by atoms with van der Waals surface area (Å²) < 4.78 is 38.8. The molecule has 1 aliphatic heterocycles. The van der Waals surface area contributed by atoms with Gasteiger partial charge >= 0.3 is 6.18 Å². The Morgan fingerprint density at radius 3 is 2.42 bits per heavy atom. The second-order valence-corrected chi connectivity index (χ2v) is 7.63. The molecule has 1 unspecified atom stereocenters. The molecule has 31 heavy (non-hydrogen) atoms. The van der Waals surface area contributed by atoms with E-state index in [2.05, 4.69) is 10.3 Å². The number of aliphatic imine (C=N–C) groups is 1. The van der Waals surface area contributed by atoms with Crippen LogP contribution in [0.1, 0.15) is 29.8 Å². The number of nitrogens with zero attached hydrogens (tertiary/aromatic N) is 4. The van der Waals surface area contributed by atoms with Crippen molar-refractivity contribution in [2.75, 3.05) is 53.4 Å². The van der Waals surface area contributed by atoms with Crippen molar-refractivity contribution in [3.63, 3.8) is 0 Å². The summed E-state index contributed by atoms with van der Waals surface area (Å²) in [5.74, 6) is 0.678. The Kier molecular flexibility index (Phi) is 11.1. The Hall–Kier alpha value is -1.56. The van der Waals surface area contributed by atoms with Gasteiger partial charge < -0.3 is 15.1 Å². The van der Waals surface area contributed by atoms with Gasteiger partial charge in [-0.05, 0) is 38.0 Å². The third-order valence-electron chi connectivity index (χ3n) is 5.21. The number of amides is 1. The Morgan fingerprint density at radius 2 is 1.87 bits per heavy atom. The molecule has 0 aromatic heterocycles. The van der Waals surface area contributed by atoms with Crippen molar-refractivity contribution in [2.24, 2.45) is 4.99 Å². The van der Waals surface area contributed by atoms with E-state index in [1.807, 2.05) is 30.0 Å². The van der Waals surface area contributed by atoms with Crippen LogP contribution >= 0.6 is 24.0 Å². The largest absolute Gasteiger partial charge is 0.403 e. The summed E-state index contributed by atoms with van der Waals surface area (Å²) in [6, 6.07) is 6.06. The third kappa shape index (κ3) is 8.13. The summed E-state index contributed by atoms with van der Waals surface area (Å²) >= 11 is 0. The molecule has 10 heteroatoms.